The molecule has 0 heterocycles. The standard InChI is InChI=1S/C9H12O4.Ca.2H/c1-5-2-3-6(8(10)11)7(4-5)9(12)13;;;/h5H,2-4H2,1H3,(H,10,11)(H,12,13);;;/q;+2;2*-1. The maximum absolute atomic E-state index is 10.7. The number of hydrogen-bond acceptors (Lipinski definition) is 2. The van der Waals surface area contributed by atoms with Gasteiger partial charge < -0.3 is 13.1 Å². The van der Waals surface area contributed by atoms with Crippen molar-refractivity contribution in [3.05, 3.63) is 11.1 Å². The quantitative estimate of drug-likeness (QED) is 0.692. The molecule has 1 aliphatic rings. The molecule has 0 amide bonds. The van der Waals surface area contributed by atoms with Crippen LogP contribution in [0.3, 0.4) is 0 Å². The molecule has 5 heteroatoms. The van der Waals surface area contributed by atoms with Crippen LogP contribution < -0.4 is 0 Å². The number of carboxylic acids is 2. The van der Waals surface area contributed by atoms with E-state index in [0.29, 0.717) is 12.8 Å². The van der Waals surface area contributed by atoms with Gasteiger partial charge in [0.15, 0.2) is 0 Å². The second kappa shape index (κ2) is 5.73. The van der Waals surface area contributed by atoms with E-state index in [4.69, 9.17) is 10.2 Å². The van der Waals surface area contributed by atoms with Gasteiger partial charge >= 0.3 is 49.7 Å². The van der Waals surface area contributed by atoms with Gasteiger partial charge in [0.25, 0.3) is 0 Å². The molecule has 0 aromatic rings. The average Bonchev–Trinajstić information content (AvgIpc) is 2.03. The molecular weight excluding hydrogens is 212 g/mol. The van der Waals surface area contributed by atoms with Gasteiger partial charge in [-0.2, -0.15) is 0 Å². The Kier molecular flexibility index (Phi) is 5.71. The molecule has 0 fully saturated rings. The predicted molar refractivity (Wildman–Crippen MR) is 53.3 cm³/mol. The first-order chi connectivity index (χ1) is 6.02. The summed E-state index contributed by atoms with van der Waals surface area (Å²) in [7, 11) is 0. The molecule has 0 radical (unpaired) electrons. The predicted octanol–water partition coefficient (Wildman–Crippen LogP) is 1.12. The molecule has 0 spiro atoms. The summed E-state index contributed by atoms with van der Waals surface area (Å²) in [6.07, 6.45) is 1.51. The Labute approximate surface area is 115 Å². The summed E-state index contributed by atoms with van der Waals surface area (Å²) < 4.78 is 0. The second-order valence-corrected chi connectivity index (χ2v) is 3.42. The van der Waals surface area contributed by atoms with E-state index >= 15 is 0 Å². The first-order valence-corrected chi connectivity index (χ1v) is 4.21. The van der Waals surface area contributed by atoms with Crippen molar-refractivity contribution in [2.45, 2.75) is 26.2 Å². The Balaban J connectivity index is -0.000000563. The molecule has 14 heavy (non-hydrogen) atoms. The van der Waals surface area contributed by atoms with Crippen LogP contribution in [-0.2, 0) is 9.59 Å². The van der Waals surface area contributed by atoms with Crippen LogP contribution in [0.2, 0.25) is 0 Å². The van der Waals surface area contributed by atoms with Crippen LogP contribution in [0.15, 0.2) is 11.1 Å². The van der Waals surface area contributed by atoms with Gasteiger partial charge in [0.2, 0.25) is 0 Å². The molecule has 0 aromatic carbocycles. The number of carbonyl (C=O) groups is 2. The van der Waals surface area contributed by atoms with Crippen molar-refractivity contribution < 1.29 is 22.7 Å². The minimum Gasteiger partial charge on any atom is -1.00 e. The Morgan fingerprint density at radius 3 is 2.21 bits per heavy atom. The van der Waals surface area contributed by atoms with Crippen molar-refractivity contribution in [3.63, 3.8) is 0 Å². The Hall–Kier alpha value is -0.0603. The van der Waals surface area contributed by atoms with Crippen molar-refractivity contribution in [1.29, 1.82) is 0 Å². The molecule has 1 aliphatic carbocycles. The summed E-state index contributed by atoms with van der Waals surface area (Å²) in [6.45, 7) is 1.93. The van der Waals surface area contributed by atoms with Crippen LogP contribution in [0, 0.1) is 5.92 Å². The van der Waals surface area contributed by atoms with Crippen molar-refractivity contribution in [2.75, 3.05) is 0 Å². The van der Waals surface area contributed by atoms with Gasteiger partial charge in [0.1, 0.15) is 0 Å². The molecule has 1 unspecified atom stereocenters. The van der Waals surface area contributed by atoms with Crippen molar-refractivity contribution in [3.8, 4) is 0 Å². The van der Waals surface area contributed by atoms with Crippen LogP contribution in [0.1, 0.15) is 29.0 Å². The van der Waals surface area contributed by atoms with Crippen molar-refractivity contribution in [2.24, 2.45) is 5.92 Å². The molecule has 2 N–H and O–H groups in total. The zero-order valence-electron chi connectivity index (χ0n) is 10.1. The van der Waals surface area contributed by atoms with Gasteiger partial charge in [-0.15, -0.1) is 0 Å². The van der Waals surface area contributed by atoms with E-state index in [2.05, 4.69) is 0 Å². The minimum atomic E-state index is -1.09. The largest absolute Gasteiger partial charge is 2.00 e. The fourth-order valence-corrected chi connectivity index (χ4v) is 1.57. The van der Waals surface area contributed by atoms with Crippen LogP contribution in [0.4, 0.5) is 0 Å². The van der Waals surface area contributed by atoms with Crippen molar-refractivity contribution in [1.82, 2.24) is 0 Å². The van der Waals surface area contributed by atoms with E-state index in [1.54, 1.807) is 0 Å². The fourth-order valence-electron chi connectivity index (χ4n) is 1.57. The molecule has 1 atom stereocenters. The van der Waals surface area contributed by atoms with Gasteiger partial charge in [-0.3, -0.25) is 0 Å². The smallest absolute Gasteiger partial charge is 1.00 e. The summed E-state index contributed by atoms with van der Waals surface area (Å²) in [5.41, 5.74) is 0.150. The van der Waals surface area contributed by atoms with E-state index in [1.165, 1.54) is 0 Å². The molecule has 0 aliphatic heterocycles. The first-order valence-electron chi connectivity index (χ1n) is 4.21. The summed E-state index contributed by atoms with van der Waals surface area (Å²) in [4.78, 5) is 21.3. The zero-order chi connectivity index (χ0) is 10.0. The fraction of sp³-hybridized carbons (Fsp3) is 0.556. The molecule has 0 saturated heterocycles. The third-order valence-electron chi connectivity index (χ3n) is 2.32. The van der Waals surface area contributed by atoms with Crippen LogP contribution >= 0.6 is 0 Å². The normalized spacial score (nSPS) is 21.4. The SMILES string of the molecule is CC1CCC(C(=O)O)=C(C(=O)O)C1.[Ca+2].[H-].[H-]. The maximum atomic E-state index is 10.7. The molecular formula is C9H14CaO4. The van der Waals surface area contributed by atoms with E-state index < -0.39 is 11.9 Å². The van der Waals surface area contributed by atoms with Crippen LogP contribution in [0.5, 0.6) is 0 Å². The van der Waals surface area contributed by atoms with E-state index in [-0.39, 0.29) is 57.7 Å². The molecule has 0 aromatic heterocycles. The first kappa shape index (κ1) is 13.9. The Bertz CT molecular complexity index is 291. The Morgan fingerprint density at radius 2 is 1.79 bits per heavy atom. The minimum absolute atomic E-state index is 0. The molecule has 0 bridgehead atoms. The van der Waals surface area contributed by atoms with Gasteiger partial charge in [-0.05, 0) is 25.2 Å². The van der Waals surface area contributed by atoms with E-state index in [9.17, 15) is 9.59 Å². The number of rotatable bonds is 2. The molecule has 1 rings (SSSR count). The number of hydrogen-bond donors (Lipinski definition) is 2. The van der Waals surface area contributed by atoms with Gasteiger partial charge in [0.05, 0.1) is 0 Å². The van der Waals surface area contributed by atoms with Gasteiger partial charge in [0, 0.05) is 11.1 Å². The van der Waals surface area contributed by atoms with E-state index in [0.717, 1.165) is 6.42 Å². The van der Waals surface area contributed by atoms with Gasteiger partial charge in [-0.25, -0.2) is 9.59 Å². The number of carboxylic acid groups (broad SMARTS) is 2. The topological polar surface area (TPSA) is 74.6 Å². The molecule has 76 valence electrons. The van der Waals surface area contributed by atoms with E-state index in [1.807, 2.05) is 6.92 Å². The van der Waals surface area contributed by atoms with Crippen LogP contribution in [0.25, 0.3) is 0 Å². The summed E-state index contributed by atoms with van der Waals surface area (Å²) >= 11 is 0. The summed E-state index contributed by atoms with van der Waals surface area (Å²) in [6, 6.07) is 0. The maximum Gasteiger partial charge on any atom is 2.00 e. The third kappa shape index (κ3) is 3.26. The molecule has 4 nitrogen and oxygen atoms in total. The van der Waals surface area contributed by atoms with Crippen molar-refractivity contribution >= 4 is 49.7 Å². The molecule has 0 saturated carbocycles. The third-order valence-corrected chi connectivity index (χ3v) is 2.32. The Morgan fingerprint density at radius 1 is 1.29 bits per heavy atom. The van der Waals surface area contributed by atoms with Gasteiger partial charge in [-0.1, -0.05) is 6.92 Å². The summed E-state index contributed by atoms with van der Waals surface area (Å²) in [5, 5.41) is 17.5. The summed E-state index contributed by atoms with van der Waals surface area (Å²) in [5.74, 6) is -1.91. The average molecular weight is 226 g/mol. The monoisotopic (exact) mass is 226 g/mol. The second-order valence-electron chi connectivity index (χ2n) is 3.42. The zero-order valence-corrected chi connectivity index (χ0v) is 10.3. The number of aliphatic carboxylic acids is 2. The van der Waals surface area contributed by atoms with Crippen LogP contribution in [-0.4, -0.2) is 59.9 Å².